The van der Waals surface area contributed by atoms with Gasteiger partial charge in [0.2, 0.25) is 0 Å². The fourth-order valence-corrected chi connectivity index (χ4v) is 3.44. The summed E-state index contributed by atoms with van der Waals surface area (Å²) < 4.78 is 2.13. The highest BCUT2D eigenvalue weighted by atomic mass is 15.3. The lowest BCUT2D eigenvalue weighted by Gasteiger charge is -2.33. The molecule has 0 amide bonds. The van der Waals surface area contributed by atoms with E-state index in [0.29, 0.717) is 11.5 Å². The fraction of sp³-hybridized carbons (Fsp3) is 0.706. The monoisotopic (exact) mass is 275 g/mol. The lowest BCUT2D eigenvalue weighted by Crippen LogP contribution is -2.31. The molecule has 1 aromatic rings. The van der Waals surface area contributed by atoms with Gasteiger partial charge in [-0.3, -0.25) is 4.68 Å². The lowest BCUT2D eigenvalue weighted by molar-refractivity contribution is 0.299. The first-order valence-corrected chi connectivity index (χ1v) is 7.92. The third kappa shape index (κ3) is 3.72. The third-order valence-corrected chi connectivity index (χ3v) is 4.33. The second-order valence-corrected chi connectivity index (χ2v) is 6.97. The normalized spacial score (nSPS) is 22.1. The highest BCUT2D eigenvalue weighted by Crippen LogP contribution is 2.35. The molecule has 112 valence electrons. The molecule has 0 spiro atoms. The Labute approximate surface area is 123 Å². The van der Waals surface area contributed by atoms with Crippen molar-refractivity contribution < 1.29 is 0 Å². The highest BCUT2D eigenvalue weighted by molar-refractivity contribution is 5.20. The average Bonchev–Trinajstić information content (AvgIpc) is 2.76. The van der Waals surface area contributed by atoms with Gasteiger partial charge < -0.3 is 5.73 Å². The van der Waals surface area contributed by atoms with Crippen LogP contribution in [0.3, 0.4) is 0 Å². The lowest BCUT2D eigenvalue weighted by atomic mass is 9.74. The summed E-state index contributed by atoms with van der Waals surface area (Å²) in [5, 5.41) is 4.75. The summed E-state index contributed by atoms with van der Waals surface area (Å²) in [5.74, 6) is 0. The standard InChI is InChI=1S/C17H29N3/c1-5-16(6-2)20-8-7-15(19-20)10-13-9-14(18)12-17(3,4)11-13/h7-9,14,16H,5-6,10-12,18H2,1-4H3. The average molecular weight is 275 g/mol. The SMILES string of the molecule is CCC(CC)n1ccc(CC2=CC(N)CC(C)(C)C2)n1. The van der Waals surface area contributed by atoms with Crippen molar-refractivity contribution in [3.63, 3.8) is 0 Å². The van der Waals surface area contributed by atoms with Crippen molar-refractivity contribution in [3.8, 4) is 0 Å². The van der Waals surface area contributed by atoms with Crippen molar-refractivity contribution in [2.75, 3.05) is 0 Å². The van der Waals surface area contributed by atoms with Crippen LogP contribution in [0.2, 0.25) is 0 Å². The van der Waals surface area contributed by atoms with Crippen LogP contribution in [0.4, 0.5) is 0 Å². The van der Waals surface area contributed by atoms with Crippen molar-refractivity contribution in [2.24, 2.45) is 11.1 Å². The largest absolute Gasteiger partial charge is 0.324 e. The van der Waals surface area contributed by atoms with Gasteiger partial charge in [0.15, 0.2) is 0 Å². The highest BCUT2D eigenvalue weighted by Gasteiger charge is 2.27. The predicted molar refractivity (Wildman–Crippen MR) is 84.6 cm³/mol. The van der Waals surface area contributed by atoms with Crippen LogP contribution in [0.15, 0.2) is 23.9 Å². The molecule has 20 heavy (non-hydrogen) atoms. The smallest absolute Gasteiger partial charge is 0.0665 e. The Morgan fingerprint density at radius 3 is 2.70 bits per heavy atom. The zero-order chi connectivity index (χ0) is 14.8. The second-order valence-electron chi connectivity index (χ2n) is 6.97. The van der Waals surface area contributed by atoms with Crippen LogP contribution in [0.25, 0.3) is 0 Å². The predicted octanol–water partition coefficient (Wildman–Crippen LogP) is 3.86. The Morgan fingerprint density at radius 2 is 2.10 bits per heavy atom. The first-order chi connectivity index (χ1) is 9.43. The van der Waals surface area contributed by atoms with Crippen LogP contribution in [0.1, 0.15) is 65.1 Å². The number of hydrogen-bond acceptors (Lipinski definition) is 2. The molecule has 2 rings (SSSR count). The molecule has 0 aliphatic heterocycles. The van der Waals surface area contributed by atoms with Crippen molar-refractivity contribution >= 4 is 0 Å². The molecule has 1 heterocycles. The number of allylic oxidation sites excluding steroid dienone is 1. The summed E-state index contributed by atoms with van der Waals surface area (Å²) in [6, 6.07) is 2.89. The van der Waals surface area contributed by atoms with Crippen LogP contribution in [-0.4, -0.2) is 15.8 Å². The van der Waals surface area contributed by atoms with E-state index < -0.39 is 0 Å². The maximum Gasteiger partial charge on any atom is 0.0665 e. The molecule has 0 radical (unpaired) electrons. The minimum absolute atomic E-state index is 0.204. The molecule has 3 nitrogen and oxygen atoms in total. The number of hydrogen-bond donors (Lipinski definition) is 1. The molecule has 2 N–H and O–H groups in total. The van der Waals surface area contributed by atoms with Crippen molar-refractivity contribution in [3.05, 3.63) is 29.6 Å². The summed E-state index contributed by atoms with van der Waals surface area (Å²) in [6.07, 6.45) is 9.82. The third-order valence-electron chi connectivity index (χ3n) is 4.33. The van der Waals surface area contributed by atoms with Crippen LogP contribution in [0, 0.1) is 5.41 Å². The zero-order valence-corrected chi connectivity index (χ0v) is 13.4. The molecular weight excluding hydrogens is 246 g/mol. The Kier molecular flexibility index (Phi) is 4.69. The Hall–Kier alpha value is -1.09. The van der Waals surface area contributed by atoms with E-state index in [9.17, 15) is 0 Å². The summed E-state index contributed by atoms with van der Waals surface area (Å²) >= 11 is 0. The molecule has 1 aliphatic rings. The van der Waals surface area contributed by atoms with Crippen LogP contribution < -0.4 is 5.73 Å². The molecule has 1 aliphatic carbocycles. The van der Waals surface area contributed by atoms with E-state index in [-0.39, 0.29) is 6.04 Å². The van der Waals surface area contributed by atoms with Gasteiger partial charge in [-0.05, 0) is 37.2 Å². The van der Waals surface area contributed by atoms with E-state index in [2.05, 4.69) is 50.7 Å². The van der Waals surface area contributed by atoms with E-state index in [1.807, 2.05) is 0 Å². The number of aromatic nitrogens is 2. The molecule has 0 aromatic carbocycles. The van der Waals surface area contributed by atoms with E-state index in [0.717, 1.165) is 32.1 Å². The van der Waals surface area contributed by atoms with Gasteiger partial charge in [0.25, 0.3) is 0 Å². The van der Waals surface area contributed by atoms with Gasteiger partial charge in [-0.15, -0.1) is 0 Å². The van der Waals surface area contributed by atoms with Gasteiger partial charge in [0, 0.05) is 18.7 Å². The molecule has 1 aromatic heterocycles. The molecule has 1 atom stereocenters. The summed E-state index contributed by atoms with van der Waals surface area (Å²) in [5.41, 5.74) is 9.09. The maximum absolute atomic E-state index is 6.15. The Bertz CT molecular complexity index is 466. The quantitative estimate of drug-likeness (QED) is 0.829. The van der Waals surface area contributed by atoms with Crippen molar-refractivity contribution in [1.82, 2.24) is 9.78 Å². The number of nitrogens with two attached hydrogens (primary N) is 1. The molecule has 0 bridgehead atoms. The van der Waals surface area contributed by atoms with Crippen LogP contribution in [-0.2, 0) is 6.42 Å². The summed E-state index contributed by atoms with van der Waals surface area (Å²) in [6.45, 7) is 9.06. The minimum Gasteiger partial charge on any atom is -0.324 e. The molecule has 0 saturated carbocycles. The van der Waals surface area contributed by atoms with E-state index in [1.165, 1.54) is 11.3 Å². The first-order valence-electron chi connectivity index (χ1n) is 7.92. The van der Waals surface area contributed by atoms with Crippen molar-refractivity contribution in [2.45, 2.75) is 71.9 Å². The van der Waals surface area contributed by atoms with Gasteiger partial charge in [0.05, 0.1) is 11.7 Å². The number of rotatable bonds is 5. The number of nitrogens with zero attached hydrogens (tertiary/aromatic N) is 2. The van der Waals surface area contributed by atoms with E-state index >= 15 is 0 Å². The van der Waals surface area contributed by atoms with Gasteiger partial charge in [-0.2, -0.15) is 5.10 Å². The maximum atomic E-state index is 6.15. The van der Waals surface area contributed by atoms with Gasteiger partial charge in [-0.1, -0.05) is 39.3 Å². The van der Waals surface area contributed by atoms with Crippen molar-refractivity contribution in [1.29, 1.82) is 0 Å². The Morgan fingerprint density at radius 1 is 1.40 bits per heavy atom. The molecule has 3 heteroatoms. The zero-order valence-electron chi connectivity index (χ0n) is 13.4. The molecule has 0 saturated heterocycles. The second kappa shape index (κ2) is 6.13. The minimum atomic E-state index is 0.204. The first kappa shape index (κ1) is 15.3. The van der Waals surface area contributed by atoms with Gasteiger partial charge >= 0.3 is 0 Å². The fourth-order valence-electron chi connectivity index (χ4n) is 3.44. The van der Waals surface area contributed by atoms with Crippen LogP contribution in [0.5, 0.6) is 0 Å². The Balaban J connectivity index is 2.07. The van der Waals surface area contributed by atoms with Gasteiger partial charge in [0.1, 0.15) is 0 Å². The summed E-state index contributed by atoms with van der Waals surface area (Å²) in [4.78, 5) is 0. The molecule has 0 fully saturated rings. The summed E-state index contributed by atoms with van der Waals surface area (Å²) in [7, 11) is 0. The molecule has 1 unspecified atom stereocenters. The van der Waals surface area contributed by atoms with E-state index in [1.54, 1.807) is 0 Å². The van der Waals surface area contributed by atoms with E-state index in [4.69, 9.17) is 10.8 Å². The molecular formula is C17H29N3. The van der Waals surface area contributed by atoms with Crippen LogP contribution >= 0.6 is 0 Å². The topological polar surface area (TPSA) is 43.8 Å². The van der Waals surface area contributed by atoms with Gasteiger partial charge in [-0.25, -0.2) is 0 Å².